The highest BCUT2D eigenvalue weighted by atomic mass is 32.1. The molecule has 0 aromatic carbocycles. The molecule has 2 aromatic heterocycles. The monoisotopic (exact) mass is 375 g/mol. The summed E-state index contributed by atoms with van der Waals surface area (Å²) in [5.74, 6) is -0.0678. The molecule has 3 heterocycles. The molecule has 1 atom stereocenters. The molecule has 8 nitrogen and oxygen atoms in total. The summed E-state index contributed by atoms with van der Waals surface area (Å²) in [6.45, 7) is 1.98. The zero-order chi connectivity index (χ0) is 18.7. The van der Waals surface area contributed by atoms with Crippen LogP contribution in [0.15, 0.2) is 24.4 Å². The number of carbonyl (C=O) groups excluding carboxylic acids is 2. The normalized spacial score (nSPS) is 17.7. The van der Waals surface area contributed by atoms with E-state index in [9.17, 15) is 9.59 Å². The van der Waals surface area contributed by atoms with E-state index in [-0.39, 0.29) is 11.7 Å². The van der Waals surface area contributed by atoms with E-state index in [1.54, 1.807) is 18.3 Å². The Hall–Kier alpha value is -2.65. The zero-order valence-corrected chi connectivity index (χ0v) is 15.2. The smallest absolute Gasteiger partial charge is 0.317 e. The van der Waals surface area contributed by atoms with Gasteiger partial charge in [-0.25, -0.2) is 9.78 Å². The number of hydrogen-bond acceptors (Lipinski definition) is 6. The van der Waals surface area contributed by atoms with Gasteiger partial charge in [-0.3, -0.25) is 10.1 Å². The summed E-state index contributed by atoms with van der Waals surface area (Å²) < 4.78 is 5.94. The van der Waals surface area contributed by atoms with Crippen LogP contribution in [0.3, 0.4) is 0 Å². The molecule has 1 aliphatic rings. The summed E-state index contributed by atoms with van der Waals surface area (Å²) in [7, 11) is 2.08. The Balaban J connectivity index is 1.75. The number of nitrogens with one attached hydrogen (secondary N) is 1. The van der Waals surface area contributed by atoms with Crippen molar-refractivity contribution in [2.24, 2.45) is 11.5 Å². The van der Waals surface area contributed by atoms with Crippen LogP contribution in [-0.2, 0) is 0 Å². The SMILES string of the molecule is CN1CCCC(Oc2ccc(-c3cc(C(N)=O)c(NC(N)=O)s3)cn2)C1. The number of piperidine rings is 1. The second kappa shape index (κ2) is 7.71. The van der Waals surface area contributed by atoms with Gasteiger partial charge in [0, 0.05) is 29.2 Å². The summed E-state index contributed by atoms with van der Waals surface area (Å²) in [5, 5.41) is 2.75. The van der Waals surface area contributed by atoms with Crippen molar-refractivity contribution >= 4 is 28.3 Å². The van der Waals surface area contributed by atoms with Crippen molar-refractivity contribution in [2.75, 3.05) is 25.5 Å². The number of amides is 3. The lowest BCUT2D eigenvalue weighted by molar-refractivity contribution is 0.0997. The molecular weight excluding hydrogens is 354 g/mol. The van der Waals surface area contributed by atoms with Crippen LogP contribution in [0.25, 0.3) is 10.4 Å². The molecule has 0 bridgehead atoms. The number of pyridine rings is 1. The molecule has 138 valence electrons. The van der Waals surface area contributed by atoms with Gasteiger partial charge >= 0.3 is 6.03 Å². The van der Waals surface area contributed by atoms with Crippen LogP contribution in [0.2, 0.25) is 0 Å². The lowest BCUT2D eigenvalue weighted by atomic mass is 10.1. The molecule has 0 radical (unpaired) electrons. The molecule has 0 saturated carbocycles. The first-order valence-corrected chi connectivity index (χ1v) is 9.05. The van der Waals surface area contributed by atoms with Crippen molar-refractivity contribution in [3.63, 3.8) is 0 Å². The molecule has 0 spiro atoms. The van der Waals surface area contributed by atoms with E-state index in [2.05, 4.69) is 22.2 Å². The van der Waals surface area contributed by atoms with Gasteiger partial charge in [0.05, 0.1) is 5.56 Å². The van der Waals surface area contributed by atoms with Crippen LogP contribution >= 0.6 is 11.3 Å². The molecule has 26 heavy (non-hydrogen) atoms. The van der Waals surface area contributed by atoms with Gasteiger partial charge in [0.25, 0.3) is 5.91 Å². The highest BCUT2D eigenvalue weighted by molar-refractivity contribution is 7.20. The van der Waals surface area contributed by atoms with E-state index in [4.69, 9.17) is 16.2 Å². The summed E-state index contributed by atoms with van der Waals surface area (Å²) in [5.41, 5.74) is 11.5. The number of hydrogen-bond donors (Lipinski definition) is 3. The number of likely N-dealkylation sites (N-methyl/N-ethyl adjacent to an activating group) is 1. The number of aromatic nitrogens is 1. The van der Waals surface area contributed by atoms with Crippen LogP contribution in [0.4, 0.5) is 9.80 Å². The van der Waals surface area contributed by atoms with E-state index in [0.717, 1.165) is 36.4 Å². The minimum atomic E-state index is -0.750. The Morgan fingerprint density at radius 3 is 2.81 bits per heavy atom. The molecule has 0 aliphatic carbocycles. The van der Waals surface area contributed by atoms with Gasteiger partial charge in [-0.2, -0.15) is 0 Å². The fourth-order valence-electron chi connectivity index (χ4n) is 2.90. The third-order valence-electron chi connectivity index (χ3n) is 4.12. The first-order chi connectivity index (χ1) is 12.4. The fourth-order valence-corrected chi connectivity index (χ4v) is 3.96. The van der Waals surface area contributed by atoms with Crippen molar-refractivity contribution in [1.29, 1.82) is 0 Å². The average molecular weight is 375 g/mol. The number of rotatable bonds is 5. The van der Waals surface area contributed by atoms with E-state index in [1.165, 1.54) is 11.3 Å². The molecular formula is C17H21N5O3S. The maximum atomic E-state index is 11.5. The lowest BCUT2D eigenvalue weighted by Gasteiger charge is -2.29. The van der Waals surface area contributed by atoms with Crippen molar-refractivity contribution in [3.8, 4) is 16.3 Å². The van der Waals surface area contributed by atoms with Crippen LogP contribution < -0.4 is 21.5 Å². The third kappa shape index (κ3) is 4.30. The average Bonchev–Trinajstić information content (AvgIpc) is 2.99. The lowest BCUT2D eigenvalue weighted by Crippen LogP contribution is -2.38. The summed E-state index contributed by atoms with van der Waals surface area (Å²) in [6.07, 6.45) is 3.94. The van der Waals surface area contributed by atoms with Crippen molar-refractivity contribution in [3.05, 3.63) is 30.0 Å². The van der Waals surface area contributed by atoms with E-state index < -0.39 is 11.9 Å². The van der Waals surface area contributed by atoms with E-state index in [1.807, 2.05) is 6.07 Å². The molecule has 1 saturated heterocycles. The second-order valence-electron chi connectivity index (χ2n) is 6.24. The number of carbonyl (C=O) groups is 2. The number of nitrogens with zero attached hydrogens (tertiary/aromatic N) is 2. The molecule has 3 amide bonds. The number of urea groups is 1. The largest absolute Gasteiger partial charge is 0.473 e. The molecule has 3 rings (SSSR count). The Morgan fingerprint density at radius 2 is 2.19 bits per heavy atom. The first kappa shape index (κ1) is 18.2. The summed E-state index contributed by atoms with van der Waals surface area (Å²) in [4.78, 5) is 30.0. The number of primary amides is 2. The summed E-state index contributed by atoms with van der Waals surface area (Å²) >= 11 is 1.21. The Morgan fingerprint density at radius 1 is 1.38 bits per heavy atom. The molecule has 9 heteroatoms. The topological polar surface area (TPSA) is 124 Å². The second-order valence-corrected chi connectivity index (χ2v) is 7.29. The number of thiophene rings is 1. The van der Waals surface area contributed by atoms with Gasteiger partial charge in [0.2, 0.25) is 5.88 Å². The maximum absolute atomic E-state index is 11.5. The molecule has 1 fully saturated rings. The van der Waals surface area contributed by atoms with Crippen LogP contribution in [0, 0.1) is 0 Å². The fraction of sp³-hybridized carbons (Fsp3) is 0.353. The quantitative estimate of drug-likeness (QED) is 0.736. The van der Waals surface area contributed by atoms with Gasteiger partial charge in [-0.15, -0.1) is 11.3 Å². The van der Waals surface area contributed by atoms with Crippen LogP contribution in [-0.4, -0.2) is 48.1 Å². The first-order valence-electron chi connectivity index (χ1n) is 8.24. The van der Waals surface area contributed by atoms with Crippen molar-refractivity contribution in [2.45, 2.75) is 18.9 Å². The number of anilines is 1. The predicted octanol–water partition coefficient (Wildman–Crippen LogP) is 1.87. The zero-order valence-electron chi connectivity index (χ0n) is 14.4. The van der Waals surface area contributed by atoms with Gasteiger partial charge in [0.1, 0.15) is 11.1 Å². The Bertz CT molecular complexity index is 805. The predicted molar refractivity (Wildman–Crippen MR) is 100 cm³/mol. The third-order valence-corrected chi connectivity index (χ3v) is 5.22. The van der Waals surface area contributed by atoms with Gasteiger partial charge in [-0.05, 0) is 38.6 Å². The van der Waals surface area contributed by atoms with E-state index in [0.29, 0.717) is 10.9 Å². The van der Waals surface area contributed by atoms with E-state index >= 15 is 0 Å². The standard InChI is InChI=1S/C17H21N5O3S/c1-22-6-2-3-11(9-22)25-14-5-4-10(8-20-14)13-7-12(15(18)23)16(26-13)21-17(19)24/h4-5,7-8,11H,2-3,6,9H2,1H3,(H2,18,23)(H3,19,21,24). The van der Waals surface area contributed by atoms with Crippen LogP contribution in [0.5, 0.6) is 5.88 Å². The molecule has 5 N–H and O–H groups in total. The number of ether oxygens (including phenoxy) is 1. The minimum absolute atomic E-state index is 0.140. The summed E-state index contributed by atoms with van der Waals surface area (Å²) in [6, 6.07) is 4.53. The highest BCUT2D eigenvalue weighted by Gasteiger charge is 2.19. The van der Waals surface area contributed by atoms with Gasteiger partial charge in [0.15, 0.2) is 0 Å². The van der Waals surface area contributed by atoms with Crippen molar-refractivity contribution < 1.29 is 14.3 Å². The molecule has 1 aliphatic heterocycles. The van der Waals surface area contributed by atoms with Gasteiger partial charge in [-0.1, -0.05) is 0 Å². The highest BCUT2D eigenvalue weighted by Crippen LogP contribution is 2.35. The van der Waals surface area contributed by atoms with Crippen LogP contribution in [0.1, 0.15) is 23.2 Å². The maximum Gasteiger partial charge on any atom is 0.317 e. The van der Waals surface area contributed by atoms with Crippen molar-refractivity contribution in [1.82, 2.24) is 9.88 Å². The molecule has 2 aromatic rings. The Labute approximate surface area is 155 Å². The van der Waals surface area contributed by atoms with Gasteiger partial charge < -0.3 is 21.1 Å². The Kier molecular flexibility index (Phi) is 5.38. The number of nitrogens with two attached hydrogens (primary N) is 2. The number of likely N-dealkylation sites (tertiary alicyclic amines) is 1. The minimum Gasteiger partial charge on any atom is -0.473 e. The molecule has 1 unspecified atom stereocenters.